The molecule has 0 saturated heterocycles. The summed E-state index contributed by atoms with van der Waals surface area (Å²) in [5, 5.41) is 8.45. The minimum atomic E-state index is -5.24. The Bertz CT molecular complexity index is 532. The van der Waals surface area contributed by atoms with E-state index in [9.17, 15) is 31.1 Å². The number of amides is 1. The van der Waals surface area contributed by atoms with Crippen LogP contribution in [-0.2, 0) is 12.4 Å². The molecule has 0 aliphatic carbocycles. The molecule has 19 heavy (non-hydrogen) atoms. The third-order valence-corrected chi connectivity index (χ3v) is 2.12. The lowest BCUT2D eigenvalue weighted by molar-refractivity contribution is -0.143. The van der Waals surface area contributed by atoms with Gasteiger partial charge in [-0.3, -0.25) is 4.79 Å². The van der Waals surface area contributed by atoms with Gasteiger partial charge in [0.2, 0.25) is 5.91 Å². The highest BCUT2D eigenvalue weighted by molar-refractivity contribution is 5.96. The zero-order valence-corrected chi connectivity index (χ0v) is 8.86. The Hall–Kier alpha value is -2.24. The number of carbonyl (C=O) groups is 1. The fourth-order valence-electron chi connectivity index (χ4n) is 1.42. The van der Waals surface area contributed by atoms with Crippen LogP contribution in [0, 0.1) is 11.3 Å². The van der Waals surface area contributed by atoms with Gasteiger partial charge in [0.25, 0.3) is 0 Å². The number of nitriles is 1. The Balaban J connectivity index is 3.83. The summed E-state index contributed by atoms with van der Waals surface area (Å²) >= 11 is 0. The Morgan fingerprint density at radius 2 is 1.42 bits per heavy atom. The molecule has 0 bridgehead atoms. The van der Waals surface area contributed by atoms with E-state index >= 15 is 0 Å². The fraction of sp³-hybridized carbons (Fsp3) is 0.200. The second-order valence-corrected chi connectivity index (χ2v) is 3.42. The number of hydrogen-bond acceptors (Lipinski definition) is 2. The number of primary amides is 1. The van der Waals surface area contributed by atoms with Crippen LogP contribution in [0.25, 0.3) is 0 Å². The molecule has 9 heteroatoms. The van der Waals surface area contributed by atoms with Crippen molar-refractivity contribution in [2.75, 3.05) is 0 Å². The fourth-order valence-corrected chi connectivity index (χ4v) is 1.42. The lowest BCUT2D eigenvalue weighted by atomic mass is 9.96. The van der Waals surface area contributed by atoms with E-state index in [0.29, 0.717) is 0 Å². The Labute approximate surface area is 102 Å². The molecule has 0 atom stereocenters. The van der Waals surface area contributed by atoms with Crippen LogP contribution in [0.3, 0.4) is 0 Å². The summed E-state index contributed by atoms with van der Waals surface area (Å²) < 4.78 is 75.7. The number of carbonyl (C=O) groups excluding carboxylic acids is 1. The van der Waals surface area contributed by atoms with Crippen molar-refractivity contribution >= 4 is 5.91 Å². The van der Waals surface area contributed by atoms with Crippen LogP contribution in [0.1, 0.15) is 27.0 Å². The number of hydrogen-bond donors (Lipinski definition) is 1. The second kappa shape index (κ2) is 4.46. The summed E-state index contributed by atoms with van der Waals surface area (Å²) in [6, 6.07) is 1.46. The zero-order valence-electron chi connectivity index (χ0n) is 8.86. The third-order valence-electron chi connectivity index (χ3n) is 2.12. The van der Waals surface area contributed by atoms with E-state index in [1.54, 1.807) is 0 Å². The number of alkyl halides is 6. The van der Waals surface area contributed by atoms with E-state index < -0.39 is 40.5 Å². The second-order valence-electron chi connectivity index (χ2n) is 3.42. The normalized spacial score (nSPS) is 12.1. The first-order valence-electron chi connectivity index (χ1n) is 4.51. The van der Waals surface area contributed by atoms with Crippen LogP contribution < -0.4 is 5.73 Å². The highest BCUT2D eigenvalue weighted by atomic mass is 19.4. The quantitative estimate of drug-likeness (QED) is 0.805. The van der Waals surface area contributed by atoms with Crippen LogP contribution in [-0.4, -0.2) is 5.91 Å². The van der Waals surface area contributed by atoms with Crippen LogP contribution >= 0.6 is 0 Å². The van der Waals surface area contributed by atoms with Gasteiger partial charge in [-0.25, -0.2) is 0 Å². The van der Waals surface area contributed by atoms with Crippen molar-refractivity contribution in [3.8, 4) is 6.07 Å². The van der Waals surface area contributed by atoms with E-state index in [1.807, 2.05) is 0 Å². The first-order chi connectivity index (χ1) is 8.48. The van der Waals surface area contributed by atoms with Gasteiger partial charge in [0.15, 0.2) is 0 Å². The summed E-state index contributed by atoms with van der Waals surface area (Å²) in [5.41, 5.74) is -1.75. The molecule has 0 heterocycles. The molecule has 1 rings (SSSR count). The summed E-state index contributed by atoms with van der Waals surface area (Å²) in [4.78, 5) is 10.9. The van der Waals surface area contributed by atoms with Crippen molar-refractivity contribution in [2.24, 2.45) is 5.73 Å². The van der Waals surface area contributed by atoms with Crippen molar-refractivity contribution in [3.05, 3.63) is 34.4 Å². The first kappa shape index (κ1) is 14.8. The van der Waals surface area contributed by atoms with Crippen molar-refractivity contribution in [3.63, 3.8) is 0 Å². The van der Waals surface area contributed by atoms with Gasteiger partial charge in [0, 0.05) is 0 Å². The number of nitrogens with two attached hydrogens (primary N) is 1. The maximum Gasteiger partial charge on any atom is 0.417 e. The molecular weight excluding hydrogens is 278 g/mol. The molecule has 0 spiro atoms. The van der Waals surface area contributed by atoms with Gasteiger partial charge < -0.3 is 5.73 Å². The molecule has 0 saturated carbocycles. The first-order valence-corrected chi connectivity index (χ1v) is 4.51. The van der Waals surface area contributed by atoms with E-state index in [0.717, 1.165) is 0 Å². The average Bonchev–Trinajstić information content (AvgIpc) is 2.24. The molecule has 1 amide bonds. The number of halogens is 6. The molecule has 0 aliphatic rings. The van der Waals surface area contributed by atoms with Gasteiger partial charge >= 0.3 is 12.4 Å². The predicted molar refractivity (Wildman–Crippen MR) is 49.7 cm³/mol. The SMILES string of the molecule is N#Cc1cc(C(F)(F)F)c(C(N)=O)c(C(F)(F)F)c1. The lowest BCUT2D eigenvalue weighted by Crippen LogP contribution is -2.24. The van der Waals surface area contributed by atoms with Crippen molar-refractivity contribution in [1.82, 2.24) is 0 Å². The molecule has 0 aliphatic heterocycles. The number of rotatable bonds is 1. The van der Waals surface area contributed by atoms with Gasteiger partial charge in [-0.1, -0.05) is 0 Å². The maximum atomic E-state index is 12.6. The Morgan fingerprint density at radius 1 is 1.05 bits per heavy atom. The zero-order chi connectivity index (χ0) is 15.0. The van der Waals surface area contributed by atoms with Gasteiger partial charge in [0.05, 0.1) is 28.3 Å². The highest BCUT2D eigenvalue weighted by Crippen LogP contribution is 2.39. The van der Waals surface area contributed by atoms with Crippen molar-refractivity contribution in [2.45, 2.75) is 12.4 Å². The van der Waals surface area contributed by atoms with Gasteiger partial charge in [-0.05, 0) is 12.1 Å². The topological polar surface area (TPSA) is 66.9 Å². The smallest absolute Gasteiger partial charge is 0.366 e. The van der Waals surface area contributed by atoms with Gasteiger partial charge in [-0.15, -0.1) is 0 Å². The van der Waals surface area contributed by atoms with Crippen LogP contribution in [0.2, 0.25) is 0 Å². The average molecular weight is 282 g/mol. The van der Waals surface area contributed by atoms with Crippen LogP contribution in [0.4, 0.5) is 26.3 Å². The number of benzene rings is 1. The minimum absolute atomic E-state index is 0.148. The Kier molecular flexibility index (Phi) is 3.48. The van der Waals surface area contributed by atoms with E-state index in [2.05, 4.69) is 5.73 Å². The van der Waals surface area contributed by atoms with Crippen LogP contribution in [0.5, 0.6) is 0 Å². The van der Waals surface area contributed by atoms with Crippen LogP contribution in [0.15, 0.2) is 12.1 Å². The van der Waals surface area contributed by atoms with Crippen molar-refractivity contribution in [1.29, 1.82) is 5.26 Å². The number of nitrogens with zero attached hydrogens (tertiary/aromatic N) is 1. The molecular formula is C10H4F6N2O. The van der Waals surface area contributed by atoms with Gasteiger partial charge in [0.1, 0.15) is 0 Å². The van der Waals surface area contributed by atoms with E-state index in [4.69, 9.17) is 5.26 Å². The predicted octanol–water partition coefficient (Wildman–Crippen LogP) is 2.69. The molecule has 102 valence electrons. The minimum Gasteiger partial charge on any atom is -0.366 e. The standard InChI is InChI=1S/C10H4F6N2O/c11-9(12,13)5-1-4(3-17)2-6(10(14,15)16)7(5)8(18)19/h1-2H,(H2,18,19). The molecule has 3 nitrogen and oxygen atoms in total. The lowest BCUT2D eigenvalue weighted by Gasteiger charge is -2.17. The summed E-state index contributed by atoms with van der Waals surface area (Å²) in [6.07, 6.45) is -10.5. The molecule has 0 radical (unpaired) electrons. The summed E-state index contributed by atoms with van der Waals surface area (Å²) in [7, 11) is 0. The summed E-state index contributed by atoms with van der Waals surface area (Å²) in [5.74, 6) is -1.87. The maximum absolute atomic E-state index is 12.6. The molecule has 0 unspecified atom stereocenters. The molecule has 0 fully saturated rings. The molecule has 1 aromatic rings. The summed E-state index contributed by atoms with van der Waals surface area (Å²) in [6.45, 7) is 0. The molecule has 0 aromatic heterocycles. The highest BCUT2D eigenvalue weighted by Gasteiger charge is 2.43. The Morgan fingerprint density at radius 3 is 1.63 bits per heavy atom. The van der Waals surface area contributed by atoms with Crippen molar-refractivity contribution < 1.29 is 31.1 Å². The molecule has 2 N–H and O–H groups in total. The largest absolute Gasteiger partial charge is 0.417 e. The molecule has 1 aromatic carbocycles. The monoisotopic (exact) mass is 282 g/mol. The van der Waals surface area contributed by atoms with Gasteiger partial charge in [-0.2, -0.15) is 31.6 Å². The third kappa shape index (κ3) is 2.96. The van der Waals surface area contributed by atoms with E-state index in [1.165, 1.54) is 6.07 Å². The van der Waals surface area contributed by atoms with E-state index in [-0.39, 0.29) is 12.1 Å².